The Balaban J connectivity index is 1.51. The number of aromatic nitrogens is 3. The lowest BCUT2D eigenvalue weighted by molar-refractivity contribution is 0.253. The number of piperidine rings is 1. The Hall–Kier alpha value is -3.31. The van der Waals surface area contributed by atoms with Gasteiger partial charge in [-0.2, -0.15) is 4.98 Å². The molecular weight excluding hydrogens is 505 g/mol. The molecular formula is C27H36FN7O2S. The van der Waals surface area contributed by atoms with Gasteiger partial charge in [0.05, 0.1) is 10.4 Å². The van der Waals surface area contributed by atoms with Gasteiger partial charge in [0, 0.05) is 35.3 Å². The molecule has 4 rings (SSSR count). The SMILES string of the molecule is Cc1ccc(Nc2nc(Nc3cc(F)c(C4CCN(C)CC4)cn3)ncc2C)cc1NS(=O)(=O)C(C)(C)C. The van der Waals surface area contributed by atoms with Crippen LogP contribution in [0.4, 0.5) is 33.3 Å². The molecule has 11 heteroatoms. The fourth-order valence-corrected chi connectivity index (χ4v) is 4.93. The van der Waals surface area contributed by atoms with E-state index < -0.39 is 14.8 Å². The Morgan fingerprint density at radius 2 is 1.71 bits per heavy atom. The van der Waals surface area contributed by atoms with E-state index in [-0.39, 0.29) is 17.7 Å². The van der Waals surface area contributed by atoms with Crippen LogP contribution in [0.2, 0.25) is 0 Å². The third kappa shape index (κ3) is 6.39. The highest BCUT2D eigenvalue weighted by atomic mass is 32.2. The highest BCUT2D eigenvalue weighted by Crippen LogP contribution is 2.31. The number of likely N-dealkylation sites (tertiary alicyclic amines) is 1. The fraction of sp³-hybridized carbons (Fsp3) is 0.444. The van der Waals surface area contributed by atoms with Crippen molar-refractivity contribution in [2.24, 2.45) is 0 Å². The van der Waals surface area contributed by atoms with Crippen molar-refractivity contribution in [3.8, 4) is 0 Å². The fourth-order valence-electron chi connectivity index (χ4n) is 4.12. The van der Waals surface area contributed by atoms with Crippen LogP contribution in [0.3, 0.4) is 0 Å². The second kappa shape index (κ2) is 10.8. The van der Waals surface area contributed by atoms with Crippen LogP contribution < -0.4 is 15.4 Å². The molecule has 0 amide bonds. The maximum absolute atomic E-state index is 14.9. The van der Waals surface area contributed by atoms with E-state index in [1.165, 1.54) is 6.07 Å². The van der Waals surface area contributed by atoms with Crippen molar-refractivity contribution >= 4 is 39.0 Å². The van der Waals surface area contributed by atoms with Crippen LogP contribution in [0, 0.1) is 19.7 Å². The summed E-state index contributed by atoms with van der Waals surface area (Å²) in [7, 11) is -1.50. The van der Waals surface area contributed by atoms with Gasteiger partial charge in [-0.15, -0.1) is 0 Å². The molecule has 0 bridgehead atoms. The van der Waals surface area contributed by atoms with Crippen molar-refractivity contribution < 1.29 is 12.8 Å². The lowest BCUT2D eigenvalue weighted by Crippen LogP contribution is -2.33. The predicted octanol–water partition coefficient (Wildman–Crippen LogP) is 5.46. The van der Waals surface area contributed by atoms with E-state index in [9.17, 15) is 12.8 Å². The number of halogens is 1. The summed E-state index contributed by atoms with van der Waals surface area (Å²) in [6.45, 7) is 10.5. The Morgan fingerprint density at radius 3 is 2.37 bits per heavy atom. The first-order chi connectivity index (χ1) is 17.8. The normalized spacial score (nSPS) is 15.3. The van der Waals surface area contributed by atoms with Crippen LogP contribution >= 0.6 is 0 Å². The number of hydrogen-bond donors (Lipinski definition) is 3. The zero-order chi connectivity index (χ0) is 27.7. The van der Waals surface area contributed by atoms with Crippen LogP contribution in [-0.4, -0.2) is 53.2 Å². The summed E-state index contributed by atoms with van der Waals surface area (Å²) in [6.07, 6.45) is 5.08. The van der Waals surface area contributed by atoms with Gasteiger partial charge in [0.1, 0.15) is 17.5 Å². The molecule has 3 aromatic rings. The van der Waals surface area contributed by atoms with E-state index >= 15 is 0 Å². The first kappa shape index (κ1) is 27.7. The number of anilines is 5. The number of aryl methyl sites for hydroxylation is 2. The molecule has 1 aromatic carbocycles. The first-order valence-electron chi connectivity index (χ1n) is 12.7. The van der Waals surface area contributed by atoms with Crippen molar-refractivity contribution in [1.29, 1.82) is 0 Å². The molecule has 0 unspecified atom stereocenters. The first-order valence-corrected chi connectivity index (χ1v) is 14.2. The number of hydrogen-bond acceptors (Lipinski definition) is 8. The summed E-state index contributed by atoms with van der Waals surface area (Å²) in [5, 5.41) is 6.22. The van der Waals surface area contributed by atoms with Gasteiger partial charge in [0.15, 0.2) is 0 Å². The molecule has 38 heavy (non-hydrogen) atoms. The molecule has 0 aliphatic carbocycles. The van der Waals surface area contributed by atoms with E-state index in [0.29, 0.717) is 28.6 Å². The molecule has 0 radical (unpaired) electrons. The Morgan fingerprint density at radius 1 is 1.00 bits per heavy atom. The van der Waals surface area contributed by atoms with Gasteiger partial charge in [-0.3, -0.25) is 4.72 Å². The molecule has 3 N–H and O–H groups in total. The molecule has 1 aliphatic rings. The average molecular weight is 542 g/mol. The van der Waals surface area contributed by atoms with E-state index in [4.69, 9.17) is 0 Å². The van der Waals surface area contributed by atoms with Crippen molar-refractivity contribution in [3.63, 3.8) is 0 Å². The molecule has 1 saturated heterocycles. The number of pyridine rings is 1. The lowest BCUT2D eigenvalue weighted by Gasteiger charge is -2.29. The summed E-state index contributed by atoms with van der Waals surface area (Å²) in [6, 6.07) is 6.79. The maximum atomic E-state index is 14.9. The van der Waals surface area contributed by atoms with Gasteiger partial charge < -0.3 is 15.5 Å². The summed E-state index contributed by atoms with van der Waals surface area (Å²) >= 11 is 0. The van der Waals surface area contributed by atoms with Gasteiger partial charge in [0.2, 0.25) is 16.0 Å². The summed E-state index contributed by atoms with van der Waals surface area (Å²) in [5.41, 5.74) is 3.36. The predicted molar refractivity (Wildman–Crippen MR) is 150 cm³/mol. The third-order valence-corrected chi connectivity index (χ3v) is 8.90. The van der Waals surface area contributed by atoms with E-state index in [2.05, 4.69) is 42.3 Å². The van der Waals surface area contributed by atoms with Crippen molar-refractivity contribution in [1.82, 2.24) is 19.9 Å². The Bertz CT molecular complexity index is 1420. The maximum Gasteiger partial charge on any atom is 0.237 e. The molecule has 1 fully saturated rings. The van der Waals surface area contributed by atoms with Crippen LogP contribution in [-0.2, 0) is 10.0 Å². The summed E-state index contributed by atoms with van der Waals surface area (Å²) in [4.78, 5) is 15.5. The van der Waals surface area contributed by atoms with Crippen LogP contribution in [0.25, 0.3) is 0 Å². The van der Waals surface area contributed by atoms with Crippen LogP contribution in [0.1, 0.15) is 56.2 Å². The third-order valence-electron chi connectivity index (χ3n) is 6.80. The molecule has 2 aromatic heterocycles. The highest BCUT2D eigenvalue weighted by molar-refractivity contribution is 7.94. The molecule has 1 aliphatic heterocycles. The smallest absolute Gasteiger partial charge is 0.237 e. The zero-order valence-electron chi connectivity index (χ0n) is 22.8. The molecule has 9 nitrogen and oxygen atoms in total. The van der Waals surface area contributed by atoms with Gasteiger partial charge >= 0.3 is 0 Å². The van der Waals surface area contributed by atoms with Crippen molar-refractivity contribution in [3.05, 3.63) is 59.2 Å². The highest BCUT2D eigenvalue weighted by Gasteiger charge is 2.29. The standard InChI is InChI=1S/C27H36FN7O2S/c1-17-7-8-20(13-23(17)34-38(36,37)27(3,4)5)31-25-18(2)15-30-26(33-25)32-24-14-22(28)21(16-29-24)19-9-11-35(6)12-10-19/h7-8,13-16,19,34H,9-12H2,1-6H3,(H2,29,30,31,32,33). The van der Waals surface area contributed by atoms with E-state index in [0.717, 1.165) is 37.1 Å². The van der Waals surface area contributed by atoms with E-state index in [1.807, 2.05) is 26.0 Å². The number of rotatable bonds is 7. The lowest BCUT2D eigenvalue weighted by atomic mass is 9.90. The number of sulfonamides is 1. The Kier molecular flexibility index (Phi) is 7.89. The molecule has 3 heterocycles. The summed E-state index contributed by atoms with van der Waals surface area (Å²) in [5.74, 6) is 0.999. The van der Waals surface area contributed by atoms with Gasteiger partial charge in [-0.1, -0.05) is 6.07 Å². The van der Waals surface area contributed by atoms with Crippen LogP contribution in [0.15, 0.2) is 36.7 Å². The molecule has 0 saturated carbocycles. The van der Waals surface area contributed by atoms with Gasteiger partial charge in [0.25, 0.3) is 0 Å². The minimum absolute atomic E-state index is 0.173. The molecule has 0 spiro atoms. The Labute approximate surface area is 224 Å². The minimum Gasteiger partial charge on any atom is -0.340 e. The monoisotopic (exact) mass is 541 g/mol. The second-order valence-corrected chi connectivity index (χ2v) is 13.3. The number of nitrogens with zero attached hydrogens (tertiary/aromatic N) is 4. The molecule has 0 atom stereocenters. The van der Waals surface area contributed by atoms with Crippen molar-refractivity contribution in [2.75, 3.05) is 35.5 Å². The van der Waals surface area contributed by atoms with Gasteiger partial charge in [-0.25, -0.2) is 22.8 Å². The van der Waals surface area contributed by atoms with Gasteiger partial charge in [-0.05, 0) is 91.2 Å². The summed E-state index contributed by atoms with van der Waals surface area (Å²) < 4.78 is 42.0. The zero-order valence-corrected chi connectivity index (χ0v) is 23.6. The minimum atomic E-state index is -3.58. The largest absolute Gasteiger partial charge is 0.340 e. The number of benzene rings is 1. The second-order valence-electron chi connectivity index (χ2n) is 10.9. The topological polar surface area (TPSA) is 112 Å². The quantitative estimate of drug-likeness (QED) is 0.361. The van der Waals surface area contributed by atoms with Crippen molar-refractivity contribution in [2.45, 2.75) is 58.1 Å². The molecule has 204 valence electrons. The van der Waals surface area contributed by atoms with E-state index in [1.54, 1.807) is 39.2 Å². The average Bonchev–Trinajstić information content (AvgIpc) is 2.83. The van der Waals surface area contributed by atoms with Crippen LogP contribution in [0.5, 0.6) is 0 Å². The number of nitrogens with one attached hydrogen (secondary N) is 3.